The highest BCUT2D eigenvalue weighted by molar-refractivity contribution is 5.78. The molecule has 0 aliphatic rings. The molecule has 0 radical (unpaired) electrons. The van der Waals surface area contributed by atoms with Gasteiger partial charge in [-0.2, -0.15) is 0 Å². The second-order valence-corrected chi connectivity index (χ2v) is 7.59. The lowest BCUT2D eigenvalue weighted by Gasteiger charge is -2.19. The van der Waals surface area contributed by atoms with E-state index in [2.05, 4.69) is 37.2 Å². The molecule has 3 aromatic rings. The average Bonchev–Trinajstić information content (AvgIpc) is 3.01. The molecule has 29 heavy (non-hydrogen) atoms. The van der Waals surface area contributed by atoms with Crippen molar-refractivity contribution in [3.63, 3.8) is 0 Å². The van der Waals surface area contributed by atoms with Crippen LogP contribution in [0.15, 0.2) is 47.0 Å². The van der Waals surface area contributed by atoms with E-state index >= 15 is 0 Å². The van der Waals surface area contributed by atoms with Crippen LogP contribution in [-0.4, -0.2) is 23.0 Å². The molecule has 0 unspecified atom stereocenters. The lowest BCUT2D eigenvalue weighted by Crippen LogP contribution is -2.28. The average molecular weight is 392 g/mol. The second-order valence-electron chi connectivity index (χ2n) is 7.59. The van der Waals surface area contributed by atoms with Crippen molar-refractivity contribution >= 4 is 5.91 Å². The zero-order chi connectivity index (χ0) is 21.0. The molecule has 1 heterocycles. The van der Waals surface area contributed by atoms with Crippen molar-refractivity contribution in [3.05, 3.63) is 81.7 Å². The highest BCUT2D eigenvalue weighted by Gasteiger charge is 2.12. The SMILES string of the molecule is Cc1ccc(CN(C)C(=O)Cc2ccc(OCc3c(C)noc3C)cc2)c(C)c1. The first-order valence-electron chi connectivity index (χ1n) is 9.77. The molecule has 152 valence electrons. The van der Waals surface area contributed by atoms with Crippen molar-refractivity contribution in [2.45, 2.75) is 47.3 Å². The molecule has 0 aliphatic heterocycles. The third kappa shape index (κ3) is 5.25. The van der Waals surface area contributed by atoms with Crippen LogP contribution in [0.1, 0.15) is 39.3 Å². The summed E-state index contributed by atoms with van der Waals surface area (Å²) in [4.78, 5) is 14.4. The fourth-order valence-electron chi connectivity index (χ4n) is 3.24. The van der Waals surface area contributed by atoms with E-state index in [1.807, 2.05) is 45.2 Å². The van der Waals surface area contributed by atoms with Crippen LogP contribution in [0.25, 0.3) is 0 Å². The van der Waals surface area contributed by atoms with E-state index in [9.17, 15) is 4.79 Å². The van der Waals surface area contributed by atoms with Gasteiger partial charge in [0.15, 0.2) is 0 Å². The van der Waals surface area contributed by atoms with Crippen molar-refractivity contribution in [2.24, 2.45) is 0 Å². The van der Waals surface area contributed by atoms with Gasteiger partial charge in [0.25, 0.3) is 0 Å². The van der Waals surface area contributed by atoms with E-state index in [0.717, 1.165) is 28.3 Å². The van der Waals surface area contributed by atoms with E-state index in [1.54, 1.807) is 4.90 Å². The maximum Gasteiger partial charge on any atom is 0.227 e. The molecular formula is C24H28N2O3. The molecule has 3 rings (SSSR count). The van der Waals surface area contributed by atoms with Gasteiger partial charge in [0.2, 0.25) is 5.91 Å². The minimum atomic E-state index is 0.0920. The number of aromatic nitrogens is 1. The summed E-state index contributed by atoms with van der Waals surface area (Å²) in [5.74, 6) is 1.62. The molecule has 5 heteroatoms. The number of carbonyl (C=O) groups is 1. The van der Waals surface area contributed by atoms with Gasteiger partial charge in [0.1, 0.15) is 18.1 Å². The highest BCUT2D eigenvalue weighted by Crippen LogP contribution is 2.19. The van der Waals surface area contributed by atoms with Crippen LogP contribution in [0.2, 0.25) is 0 Å². The Morgan fingerprint density at radius 2 is 1.79 bits per heavy atom. The fourth-order valence-corrected chi connectivity index (χ4v) is 3.24. The van der Waals surface area contributed by atoms with Crippen molar-refractivity contribution in [1.82, 2.24) is 10.1 Å². The molecule has 1 amide bonds. The van der Waals surface area contributed by atoms with E-state index in [4.69, 9.17) is 9.26 Å². The summed E-state index contributed by atoms with van der Waals surface area (Å²) in [6, 6.07) is 14.0. The summed E-state index contributed by atoms with van der Waals surface area (Å²) in [5.41, 5.74) is 6.40. The first-order chi connectivity index (χ1) is 13.8. The molecule has 0 spiro atoms. The van der Waals surface area contributed by atoms with Gasteiger partial charge in [-0.05, 0) is 56.5 Å². The van der Waals surface area contributed by atoms with Crippen LogP contribution in [0, 0.1) is 27.7 Å². The Morgan fingerprint density at radius 1 is 1.07 bits per heavy atom. The summed E-state index contributed by atoms with van der Waals surface area (Å²) in [6.45, 7) is 8.97. The van der Waals surface area contributed by atoms with Gasteiger partial charge in [-0.25, -0.2) is 0 Å². The Kier molecular flexibility index (Phi) is 6.37. The van der Waals surface area contributed by atoms with Gasteiger partial charge in [-0.15, -0.1) is 0 Å². The van der Waals surface area contributed by atoms with Crippen LogP contribution in [0.4, 0.5) is 0 Å². The number of carbonyl (C=O) groups excluding carboxylic acids is 1. The van der Waals surface area contributed by atoms with Gasteiger partial charge in [-0.3, -0.25) is 4.79 Å². The summed E-state index contributed by atoms with van der Waals surface area (Å²) in [5, 5.41) is 3.93. The number of nitrogens with zero attached hydrogens (tertiary/aromatic N) is 2. The molecule has 0 atom stereocenters. The largest absolute Gasteiger partial charge is 0.489 e. The first-order valence-corrected chi connectivity index (χ1v) is 9.77. The fraction of sp³-hybridized carbons (Fsp3) is 0.333. The van der Waals surface area contributed by atoms with Crippen LogP contribution < -0.4 is 4.74 Å². The molecule has 1 aromatic heterocycles. The van der Waals surface area contributed by atoms with Crippen LogP contribution in [0.5, 0.6) is 5.75 Å². The molecule has 0 bridgehead atoms. The molecule has 2 aromatic carbocycles. The van der Waals surface area contributed by atoms with Crippen LogP contribution in [-0.2, 0) is 24.4 Å². The number of likely N-dealkylation sites (N-methyl/N-ethyl adjacent to an activating group) is 1. The normalized spacial score (nSPS) is 10.8. The van der Waals surface area contributed by atoms with Gasteiger partial charge in [0.05, 0.1) is 17.7 Å². The number of hydrogen-bond acceptors (Lipinski definition) is 4. The minimum Gasteiger partial charge on any atom is -0.489 e. The predicted octanol–water partition coefficient (Wildman–Crippen LogP) is 4.69. The summed E-state index contributed by atoms with van der Waals surface area (Å²) in [7, 11) is 1.85. The molecular weight excluding hydrogens is 364 g/mol. The second kappa shape index (κ2) is 8.95. The van der Waals surface area contributed by atoms with Crippen molar-refractivity contribution in [1.29, 1.82) is 0 Å². The first kappa shape index (κ1) is 20.6. The quantitative estimate of drug-likeness (QED) is 0.585. The third-order valence-corrected chi connectivity index (χ3v) is 5.17. The number of amides is 1. The van der Waals surface area contributed by atoms with Gasteiger partial charge in [-0.1, -0.05) is 41.1 Å². The number of ether oxygens (including phenoxy) is 1. The summed E-state index contributed by atoms with van der Waals surface area (Å²) >= 11 is 0. The van der Waals surface area contributed by atoms with Crippen LogP contribution in [0.3, 0.4) is 0 Å². The smallest absolute Gasteiger partial charge is 0.227 e. The van der Waals surface area contributed by atoms with E-state index in [-0.39, 0.29) is 5.91 Å². The zero-order valence-corrected chi connectivity index (χ0v) is 17.8. The van der Waals surface area contributed by atoms with E-state index in [1.165, 1.54) is 16.7 Å². The molecule has 0 fully saturated rings. The standard InChI is InChI=1S/C24H28N2O3/c1-16-6-9-21(17(2)12-16)14-26(5)24(27)13-20-7-10-22(11-8-20)28-15-23-18(3)25-29-19(23)4/h6-12H,13-15H2,1-5H3. The Labute approximate surface area is 172 Å². The number of hydrogen-bond donors (Lipinski definition) is 0. The lowest BCUT2D eigenvalue weighted by molar-refractivity contribution is -0.129. The zero-order valence-electron chi connectivity index (χ0n) is 17.8. The number of aryl methyl sites for hydroxylation is 4. The van der Waals surface area contributed by atoms with E-state index < -0.39 is 0 Å². The lowest BCUT2D eigenvalue weighted by atomic mass is 10.1. The predicted molar refractivity (Wildman–Crippen MR) is 113 cm³/mol. The highest BCUT2D eigenvalue weighted by atomic mass is 16.5. The Morgan fingerprint density at radius 3 is 2.41 bits per heavy atom. The van der Waals surface area contributed by atoms with Gasteiger partial charge < -0.3 is 14.2 Å². The monoisotopic (exact) mass is 392 g/mol. The van der Waals surface area contributed by atoms with Crippen molar-refractivity contribution in [2.75, 3.05) is 7.05 Å². The van der Waals surface area contributed by atoms with Crippen molar-refractivity contribution in [3.8, 4) is 5.75 Å². The Hall–Kier alpha value is -3.08. The molecule has 0 saturated heterocycles. The number of rotatable bonds is 7. The topological polar surface area (TPSA) is 55.6 Å². The van der Waals surface area contributed by atoms with E-state index in [0.29, 0.717) is 19.6 Å². The molecule has 0 saturated carbocycles. The maximum absolute atomic E-state index is 12.6. The Balaban J connectivity index is 1.55. The number of benzene rings is 2. The maximum atomic E-state index is 12.6. The Bertz CT molecular complexity index is 970. The molecule has 5 nitrogen and oxygen atoms in total. The van der Waals surface area contributed by atoms with Gasteiger partial charge >= 0.3 is 0 Å². The molecule has 0 N–H and O–H groups in total. The minimum absolute atomic E-state index is 0.0920. The summed E-state index contributed by atoms with van der Waals surface area (Å²) in [6.07, 6.45) is 0.367. The molecule has 0 aliphatic carbocycles. The third-order valence-electron chi connectivity index (χ3n) is 5.17. The van der Waals surface area contributed by atoms with Gasteiger partial charge in [0, 0.05) is 13.6 Å². The van der Waals surface area contributed by atoms with Crippen molar-refractivity contribution < 1.29 is 14.1 Å². The van der Waals surface area contributed by atoms with Crippen LogP contribution >= 0.6 is 0 Å². The summed E-state index contributed by atoms with van der Waals surface area (Å²) < 4.78 is 11.0.